The lowest BCUT2D eigenvalue weighted by atomic mass is 9.48. The topological polar surface area (TPSA) is 88.2 Å². The maximum absolute atomic E-state index is 13.7. The van der Waals surface area contributed by atoms with Crippen LogP contribution in [0.15, 0.2) is 42.0 Å². The third-order valence-corrected chi connectivity index (χ3v) is 10.2. The van der Waals surface area contributed by atoms with Crippen LogP contribution < -0.4 is 24.6 Å². The SMILES string of the molecule is COc1cc(N2CCCC2)c(OC)cc1/C=C1\C(=O)NC(=O)N(c2ccc(C34CC5CC(CC(C5)C3)C4)cc2)C1=O. The van der Waals surface area contributed by atoms with E-state index < -0.39 is 17.8 Å². The molecule has 2 aliphatic heterocycles. The zero-order chi connectivity index (χ0) is 28.3. The molecule has 2 saturated heterocycles. The first-order valence-electron chi connectivity index (χ1n) is 14.9. The third kappa shape index (κ3) is 4.39. The average Bonchev–Trinajstić information content (AvgIpc) is 3.49. The summed E-state index contributed by atoms with van der Waals surface area (Å²) in [5.74, 6) is 2.25. The van der Waals surface area contributed by atoms with Gasteiger partial charge in [-0.05, 0) is 104 Å². The monoisotopic (exact) mass is 555 g/mol. The van der Waals surface area contributed by atoms with E-state index in [9.17, 15) is 14.4 Å². The molecule has 8 heteroatoms. The molecule has 0 radical (unpaired) electrons. The number of anilines is 2. The van der Waals surface area contributed by atoms with Gasteiger partial charge in [0.05, 0.1) is 25.6 Å². The number of hydrogen-bond acceptors (Lipinski definition) is 6. The van der Waals surface area contributed by atoms with Crippen LogP contribution >= 0.6 is 0 Å². The smallest absolute Gasteiger partial charge is 0.335 e. The summed E-state index contributed by atoms with van der Waals surface area (Å²) in [6.07, 6.45) is 11.6. The van der Waals surface area contributed by atoms with Crippen LogP contribution in [0.3, 0.4) is 0 Å². The fraction of sp³-hybridized carbons (Fsp3) is 0.485. The molecule has 6 aliphatic rings. The van der Waals surface area contributed by atoms with E-state index in [1.165, 1.54) is 50.2 Å². The van der Waals surface area contributed by atoms with E-state index in [0.29, 0.717) is 22.7 Å². The molecule has 0 unspecified atom stereocenters. The lowest BCUT2D eigenvalue weighted by Crippen LogP contribution is -2.54. The van der Waals surface area contributed by atoms with E-state index in [1.54, 1.807) is 20.3 Å². The van der Waals surface area contributed by atoms with Gasteiger partial charge in [-0.25, -0.2) is 9.69 Å². The number of ether oxygens (including phenoxy) is 2. The van der Waals surface area contributed by atoms with Crippen molar-refractivity contribution in [2.75, 3.05) is 37.1 Å². The highest BCUT2D eigenvalue weighted by Crippen LogP contribution is 2.60. The number of benzene rings is 2. The van der Waals surface area contributed by atoms with Crippen LogP contribution in [-0.2, 0) is 15.0 Å². The molecule has 6 fully saturated rings. The molecule has 4 aliphatic carbocycles. The lowest BCUT2D eigenvalue weighted by molar-refractivity contribution is -0.122. The predicted octanol–water partition coefficient (Wildman–Crippen LogP) is 5.44. The Morgan fingerprint density at radius 1 is 0.854 bits per heavy atom. The first-order valence-corrected chi connectivity index (χ1v) is 14.9. The van der Waals surface area contributed by atoms with Crippen LogP contribution in [0, 0.1) is 17.8 Å². The molecular weight excluding hydrogens is 518 g/mol. The van der Waals surface area contributed by atoms with Crippen LogP contribution in [0.5, 0.6) is 11.5 Å². The van der Waals surface area contributed by atoms with Crippen LogP contribution in [0.25, 0.3) is 6.08 Å². The van der Waals surface area contributed by atoms with Crippen LogP contribution in [0.4, 0.5) is 16.2 Å². The Morgan fingerprint density at radius 2 is 1.46 bits per heavy atom. The number of imide groups is 2. The Balaban J connectivity index is 1.19. The number of nitrogens with zero attached hydrogens (tertiary/aromatic N) is 2. The summed E-state index contributed by atoms with van der Waals surface area (Å²) >= 11 is 0. The highest BCUT2D eigenvalue weighted by molar-refractivity contribution is 6.39. The molecule has 214 valence electrons. The highest BCUT2D eigenvalue weighted by atomic mass is 16.5. The molecule has 2 aromatic carbocycles. The van der Waals surface area contributed by atoms with Crippen molar-refractivity contribution >= 4 is 35.3 Å². The van der Waals surface area contributed by atoms with Gasteiger partial charge in [0, 0.05) is 24.7 Å². The fourth-order valence-corrected chi connectivity index (χ4v) is 8.70. The number of hydrogen-bond donors (Lipinski definition) is 1. The predicted molar refractivity (Wildman–Crippen MR) is 156 cm³/mol. The number of carbonyl (C=O) groups is 3. The number of nitrogens with one attached hydrogen (secondary N) is 1. The minimum absolute atomic E-state index is 0.135. The molecule has 4 bridgehead atoms. The second kappa shape index (κ2) is 9.93. The van der Waals surface area contributed by atoms with Crippen molar-refractivity contribution in [2.45, 2.75) is 56.8 Å². The molecular formula is C33H37N3O5. The Kier molecular flexibility index (Phi) is 6.32. The normalized spacial score (nSPS) is 29.9. The summed E-state index contributed by atoms with van der Waals surface area (Å²) < 4.78 is 11.3. The van der Waals surface area contributed by atoms with Gasteiger partial charge >= 0.3 is 6.03 Å². The fourth-order valence-electron chi connectivity index (χ4n) is 8.70. The van der Waals surface area contributed by atoms with Gasteiger partial charge in [0.1, 0.15) is 17.1 Å². The van der Waals surface area contributed by atoms with E-state index in [1.807, 2.05) is 18.2 Å². The first kappa shape index (κ1) is 26.1. The summed E-state index contributed by atoms with van der Waals surface area (Å²) in [6.45, 7) is 1.86. The summed E-state index contributed by atoms with van der Waals surface area (Å²) in [7, 11) is 3.16. The molecule has 0 spiro atoms. The van der Waals surface area contributed by atoms with Gasteiger partial charge in [0.2, 0.25) is 0 Å². The van der Waals surface area contributed by atoms with Crippen LogP contribution in [-0.4, -0.2) is 45.2 Å². The van der Waals surface area contributed by atoms with E-state index in [2.05, 4.69) is 22.3 Å². The van der Waals surface area contributed by atoms with E-state index in [4.69, 9.17) is 9.47 Å². The van der Waals surface area contributed by atoms with E-state index in [0.717, 1.165) is 54.3 Å². The number of urea groups is 1. The van der Waals surface area contributed by atoms with E-state index >= 15 is 0 Å². The van der Waals surface area contributed by atoms with Gasteiger partial charge in [0.25, 0.3) is 11.8 Å². The molecule has 1 N–H and O–H groups in total. The molecule has 0 aromatic heterocycles. The highest BCUT2D eigenvalue weighted by Gasteiger charge is 2.51. The van der Waals surface area contributed by atoms with Gasteiger partial charge in [-0.2, -0.15) is 0 Å². The van der Waals surface area contributed by atoms with Crippen molar-refractivity contribution in [2.24, 2.45) is 17.8 Å². The van der Waals surface area contributed by atoms with Crippen molar-refractivity contribution < 1.29 is 23.9 Å². The number of barbiturate groups is 1. The average molecular weight is 556 g/mol. The van der Waals surface area contributed by atoms with Gasteiger partial charge in [-0.3, -0.25) is 14.9 Å². The van der Waals surface area contributed by atoms with Crippen LogP contribution in [0.2, 0.25) is 0 Å². The standard InChI is InChI=1S/C33H37N3O5/c1-40-28-16-27(35-9-3-4-10-35)29(41-2)15-23(28)14-26-30(37)34-32(39)36(31(26)38)25-7-5-24(6-8-25)33-17-20-11-21(18-33)13-22(12-20)19-33/h5-8,14-16,20-22H,3-4,9-13,17-19H2,1-2H3,(H,34,37,39)/b26-14+. The van der Waals surface area contributed by atoms with Gasteiger partial charge in [-0.15, -0.1) is 0 Å². The number of carbonyl (C=O) groups excluding carboxylic acids is 3. The molecule has 2 aromatic rings. The maximum Gasteiger partial charge on any atom is 0.335 e. The number of rotatable bonds is 6. The molecule has 0 atom stereocenters. The van der Waals surface area contributed by atoms with E-state index in [-0.39, 0.29) is 11.0 Å². The van der Waals surface area contributed by atoms with Crippen molar-refractivity contribution in [3.05, 3.63) is 53.1 Å². The largest absolute Gasteiger partial charge is 0.496 e. The second-order valence-corrected chi connectivity index (χ2v) is 12.7. The molecule has 4 saturated carbocycles. The summed E-state index contributed by atoms with van der Waals surface area (Å²) in [5.41, 5.74) is 3.29. The molecule has 8 nitrogen and oxygen atoms in total. The Hall–Kier alpha value is -3.81. The third-order valence-electron chi connectivity index (χ3n) is 10.2. The van der Waals surface area contributed by atoms with Crippen molar-refractivity contribution in [1.29, 1.82) is 0 Å². The summed E-state index contributed by atoms with van der Waals surface area (Å²) in [5, 5.41) is 2.35. The van der Waals surface area contributed by atoms with Crippen molar-refractivity contribution in [3.8, 4) is 11.5 Å². The molecule has 4 amide bonds. The Morgan fingerprint density at radius 3 is 2.05 bits per heavy atom. The summed E-state index contributed by atoms with van der Waals surface area (Å²) in [6, 6.07) is 10.8. The molecule has 41 heavy (non-hydrogen) atoms. The van der Waals surface area contributed by atoms with Crippen molar-refractivity contribution in [1.82, 2.24) is 5.32 Å². The minimum Gasteiger partial charge on any atom is -0.496 e. The molecule has 2 heterocycles. The maximum atomic E-state index is 13.7. The Labute approximate surface area is 240 Å². The van der Waals surface area contributed by atoms with Gasteiger partial charge in [0.15, 0.2) is 0 Å². The minimum atomic E-state index is -0.742. The first-order chi connectivity index (χ1) is 19.9. The number of methoxy groups -OCH3 is 2. The van der Waals surface area contributed by atoms with Gasteiger partial charge in [-0.1, -0.05) is 12.1 Å². The lowest BCUT2D eigenvalue weighted by Gasteiger charge is -2.57. The second-order valence-electron chi connectivity index (χ2n) is 12.7. The zero-order valence-electron chi connectivity index (χ0n) is 23.8. The van der Waals surface area contributed by atoms with Gasteiger partial charge < -0.3 is 14.4 Å². The quantitative estimate of drug-likeness (QED) is 0.377. The zero-order valence-corrected chi connectivity index (χ0v) is 23.8. The van der Waals surface area contributed by atoms with Crippen LogP contribution in [0.1, 0.15) is 62.5 Å². The molecule has 8 rings (SSSR count). The number of amides is 4. The van der Waals surface area contributed by atoms with Crippen molar-refractivity contribution in [3.63, 3.8) is 0 Å². The summed E-state index contributed by atoms with van der Waals surface area (Å²) in [4.78, 5) is 42.8. The Bertz CT molecular complexity index is 1400.